The summed E-state index contributed by atoms with van der Waals surface area (Å²) in [6, 6.07) is 11.1. The Kier molecular flexibility index (Phi) is 6.80. The summed E-state index contributed by atoms with van der Waals surface area (Å²) in [4.78, 5) is 22.6. The van der Waals surface area contributed by atoms with Crippen molar-refractivity contribution in [2.24, 2.45) is 0 Å². The second kappa shape index (κ2) is 8.88. The average molecular weight is 404 g/mol. The summed E-state index contributed by atoms with van der Waals surface area (Å²) in [7, 11) is -4.12. The third kappa shape index (κ3) is 4.69. The van der Waals surface area contributed by atoms with Gasteiger partial charge in [-0.15, -0.1) is 0 Å². The molecule has 0 atom stereocenters. The Morgan fingerprint density at radius 2 is 1.54 bits per heavy atom. The predicted octanol–water partition coefficient (Wildman–Crippen LogP) is 3.05. The normalized spacial score (nSPS) is 11.1. The van der Waals surface area contributed by atoms with Crippen LogP contribution >= 0.6 is 0 Å². The van der Waals surface area contributed by atoms with Gasteiger partial charge in [0.15, 0.2) is 0 Å². The molecule has 1 amide bonds. The summed E-state index contributed by atoms with van der Waals surface area (Å²) in [6.45, 7) is 4.46. The molecule has 0 aliphatic carbocycles. The molecule has 0 spiro atoms. The molecule has 2 N–H and O–H groups in total. The number of carboxylic acid groups (broad SMARTS) is 1. The molecule has 0 radical (unpaired) electrons. The van der Waals surface area contributed by atoms with E-state index in [-0.39, 0.29) is 10.8 Å². The minimum Gasteiger partial charge on any atom is -0.480 e. The lowest BCUT2D eigenvalue weighted by atomic mass is 10.0. The van der Waals surface area contributed by atoms with Gasteiger partial charge in [0.25, 0.3) is 10.0 Å². The number of nitrogens with zero attached hydrogens (tertiary/aromatic N) is 1. The van der Waals surface area contributed by atoms with Crippen LogP contribution in [0, 0.1) is 0 Å². The molecule has 7 nitrogen and oxygen atoms in total. The zero-order valence-corrected chi connectivity index (χ0v) is 16.9. The van der Waals surface area contributed by atoms with Crippen LogP contribution in [0.2, 0.25) is 0 Å². The molecule has 0 heterocycles. The molecular weight excluding hydrogens is 380 g/mol. The van der Waals surface area contributed by atoms with Crippen LogP contribution < -0.4 is 9.62 Å². The molecule has 0 aromatic heterocycles. The van der Waals surface area contributed by atoms with E-state index in [1.807, 2.05) is 19.9 Å². The van der Waals surface area contributed by atoms with E-state index < -0.39 is 22.5 Å². The maximum absolute atomic E-state index is 13.3. The van der Waals surface area contributed by atoms with Crippen molar-refractivity contribution >= 4 is 33.3 Å². The van der Waals surface area contributed by atoms with Crippen LogP contribution in [-0.2, 0) is 32.5 Å². The van der Waals surface area contributed by atoms with E-state index >= 15 is 0 Å². The molecule has 2 aromatic carbocycles. The minimum atomic E-state index is -4.12. The number of nitrogens with one attached hydrogen (secondary N) is 1. The number of anilines is 2. The summed E-state index contributed by atoms with van der Waals surface area (Å²) in [5.41, 5.74) is 2.40. The van der Waals surface area contributed by atoms with E-state index in [0.29, 0.717) is 24.2 Å². The van der Waals surface area contributed by atoms with Crippen molar-refractivity contribution < 1.29 is 23.1 Å². The number of rotatable bonds is 8. The lowest BCUT2D eigenvalue weighted by Crippen LogP contribution is -2.37. The molecule has 150 valence electrons. The van der Waals surface area contributed by atoms with Crippen LogP contribution in [-0.4, -0.2) is 31.9 Å². The Labute approximate surface area is 165 Å². The highest BCUT2D eigenvalue weighted by molar-refractivity contribution is 7.92. The Morgan fingerprint density at radius 3 is 1.96 bits per heavy atom. The van der Waals surface area contributed by atoms with E-state index in [2.05, 4.69) is 5.32 Å². The van der Waals surface area contributed by atoms with Gasteiger partial charge in [-0.3, -0.25) is 13.9 Å². The second-order valence-corrected chi connectivity index (χ2v) is 8.11. The van der Waals surface area contributed by atoms with E-state index in [4.69, 9.17) is 0 Å². The smallest absolute Gasteiger partial charge is 0.324 e. The van der Waals surface area contributed by atoms with E-state index in [9.17, 15) is 23.1 Å². The summed E-state index contributed by atoms with van der Waals surface area (Å²) in [5, 5.41) is 11.9. The molecule has 2 aromatic rings. The summed E-state index contributed by atoms with van der Waals surface area (Å²) in [6.07, 6.45) is 1.13. The van der Waals surface area contributed by atoms with Crippen LogP contribution in [0.15, 0.2) is 47.4 Å². The maximum atomic E-state index is 13.3. The molecule has 8 heteroatoms. The van der Waals surface area contributed by atoms with Crippen molar-refractivity contribution in [3.05, 3.63) is 53.6 Å². The van der Waals surface area contributed by atoms with Crippen molar-refractivity contribution in [2.75, 3.05) is 16.2 Å². The summed E-state index contributed by atoms with van der Waals surface area (Å²) >= 11 is 0. The zero-order valence-electron chi connectivity index (χ0n) is 16.1. The van der Waals surface area contributed by atoms with Crippen molar-refractivity contribution in [2.45, 2.75) is 38.5 Å². The van der Waals surface area contributed by atoms with Crippen LogP contribution in [0.25, 0.3) is 0 Å². The van der Waals surface area contributed by atoms with Crippen LogP contribution in [0.1, 0.15) is 31.9 Å². The first kappa shape index (κ1) is 21.4. The van der Waals surface area contributed by atoms with Crippen molar-refractivity contribution in [1.82, 2.24) is 0 Å². The number of carbonyl (C=O) groups excluding carboxylic acids is 1. The van der Waals surface area contributed by atoms with Crippen LogP contribution in [0.5, 0.6) is 0 Å². The predicted molar refractivity (Wildman–Crippen MR) is 108 cm³/mol. The van der Waals surface area contributed by atoms with Gasteiger partial charge in [-0.25, -0.2) is 8.42 Å². The quantitative estimate of drug-likeness (QED) is 0.704. The number of carbonyl (C=O) groups is 2. The number of aryl methyl sites for hydroxylation is 2. The SMILES string of the molecule is CCc1cccc(CC)c1N(CC(=O)O)S(=O)(=O)c1ccc(NC(C)=O)cc1. The summed E-state index contributed by atoms with van der Waals surface area (Å²) in [5.74, 6) is -1.51. The van der Waals surface area contributed by atoms with Gasteiger partial charge in [-0.2, -0.15) is 0 Å². The monoisotopic (exact) mass is 404 g/mol. The second-order valence-electron chi connectivity index (χ2n) is 6.24. The number of hydrogen-bond donors (Lipinski definition) is 2. The number of benzene rings is 2. The fourth-order valence-corrected chi connectivity index (χ4v) is 4.47. The largest absolute Gasteiger partial charge is 0.480 e. The van der Waals surface area contributed by atoms with Crippen molar-refractivity contribution in [3.8, 4) is 0 Å². The average Bonchev–Trinajstić information content (AvgIpc) is 2.65. The molecule has 28 heavy (non-hydrogen) atoms. The van der Waals surface area contributed by atoms with Gasteiger partial charge < -0.3 is 10.4 Å². The first-order valence-electron chi connectivity index (χ1n) is 8.93. The Balaban J connectivity index is 2.60. The highest BCUT2D eigenvalue weighted by Gasteiger charge is 2.30. The maximum Gasteiger partial charge on any atom is 0.324 e. The fraction of sp³-hybridized carbons (Fsp3) is 0.300. The molecule has 0 saturated heterocycles. The zero-order chi connectivity index (χ0) is 20.9. The number of para-hydroxylation sites is 1. The molecule has 0 fully saturated rings. The Bertz CT molecular complexity index is 946. The lowest BCUT2D eigenvalue weighted by molar-refractivity contribution is -0.135. The van der Waals surface area contributed by atoms with Gasteiger partial charge in [0.05, 0.1) is 10.6 Å². The molecule has 0 aliphatic heterocycles. The van der Waals surface area contributed by atoms with Crippen LogP contribution in [0.4, 0.5) is 11.4 Å². The minimum absolute atomic E-state index is 0.0455. The standard InChI is InChI=1S/C20H24N2O5S/c1-4-15-7-6-8-16(5-2)20(15)22(13-19(24)25)28(26,27)18-11-9-17(10-12-18)21-14(3)23/h6-12H,4-5,13H2,1-3H3,(H,21,23)(H,24,25). The van der Waals surface area contributed by atoms with Gasteiger partial charge in [0.2, 0.25) is 5.91 Å². The molecular formula is C20H24N2O5S. The van der Waals surface area contributed by atoms with Crippen LogP contribution in [0.3, 0.4) is 0 Å². The molecule has 0 bridgehead atoms. The van der Waals surface area contributed by atoms with Gasteiger partial charge >= 0.3 is 5.97 Å². The first-order chi connectivity index (χ1) is 13.2. The van der Waals surface area contributed by atoms with Crippen molar-refractivity contribution in [1.29, 1.82) is 0 Å². The number of amides is 1. The third-order valence-electron chi connectivity index (χ3n) is 4.26. The highest BCUT2D eigenvalue weighted by atomic mass is 32.2. The molecule has 0 unspecified atom stereocenters. The molecule has 0 aliphatic rings. The topological polar surface area (TPSA) is 104 Å². The highest BCUT2D eigenvalue weighted by Crippen LogP contribution is 2.32. The Hall–Kier alpha value is -2.87. The lowest BCUT2D eigenvalue weighted by Gasteiger charge is -2.27. The van der Waals surface area contributed by atoms with E-state index in [0.717, 1.165) is 15.4 Å². The fourth-order valence-electron chi connectivity index (χ4n) is 2.98. The number of aliphatic carboxylic acids is 1. The van der Waals surface area contributed by atoms with Gasteiger partial charge in [-0.05, 0) is 48.2 Å². The number of carboxylic acids is 1. The Morgan fingerprint density at radius 1 is 1.00 bits per heavy atom. The summed E-state index contributed by atoms with van der Waals surface area (Å²) < 4.78 is 27.6. The van der Waals surface area contributed by atoms with Gasteiger partial charge in [0.1, 0.15) is 6.54 Å². The van der Waals surface area contributed by atoms with Gasteiger partial charge in [0, 0.05) is 12.6 Å². The first-order valence-corrected chi connectivity index (χ1v) is 10.4. The molecule has 2 rings (SSSR count). The van der Waals surface area contributed by atoms with E-state index in [1.165, 1.54) is 31.2 Å². The van der Waals surface area contributed by atoms with Gasteiger partial charge in [-0.1, -0.05) is 32.0 Å². The number of hydrogen-bond acceptors (Lipinski definition) is 4. The van der Waals surface area contributed by atoms with Crippen molar-refractivity contribution in [3.63, 3.8) is 0 Å². The molecule has 0 saturated carbocycles. The van der Waals surface area contributed by atoms with E-state index in [1.54, 1.807) is 12.1 Å². The third-order valence-corrected chi connectivity index (χ3v) is 6.02. The number of sulfonamides is 1.